The summed E-state index contributed by atoms with van der Waals surface area (Å²) in [5, 5.41) is 14.2. The van der Waals surface area contributed by atoms with Crippen molar-refractivity contribution in [1.29, 1.82) is 0 Å². The number of hydrogen-bond acceptors (Lipinski definition) is 4. The fourth-order valence-electron chi connectivity index (χ4n) is 3.09. The Kier molecular flexibility index (Phi) is 6.25. The quantitative estimate of drug-likeness (QED) is 0.352. The molecular weight excluding hydrogens is 449 g/mol. The standard InChI is InChI=1S/C24H17Cl2N3O3/c25-17-8-5-14(6-9-17)22(30)12-21-24(32)29-20-11-15(7-10-19(20)28-21)23(31)27-13-16-3-1-2-4-18(16)26/h1-12,30H,13H2,(H,27,31)(H,29,32). The summed E-state index contributed by atoms with van der Waals surface area (Å²) in [6, 6.07) is 18.6. The van der Waals surface area contributed by atoms with Crippen LogP contribution in [0, 0.1) is 0 Å². The molecule has 1 aromatic heterocycles. The summed E-state index contributed by atoms with van der Waals surface area (Å²) in [6.07, 6.45) is 1.28. The first-order valence-electron chi connectivity index (χ1n) is 9.63. The van der Waals surface area contributed by atoms with Gasteiger partial charge in [0.25, 0.3) is 11.5 Å². The average Bonchev–Trinajstić information content (AvgIpc) is 2.79. The maximum atomic E-state index is 12.5. The number of aliphatic hydroxyl groups is 1. The molecular formula is C24H17Cl2N3O3. The highest BCUT2D eigenvalue weighted by atomic mass is 35.5. The van der Waals surface area contributed by atoms with Crippen molar-refractivity contribution in [1.82, 2.24) is 15.3 Å². The summed E-state index contributed by atoms with van der Waals surface area (Å²) in [7, 11) is 0. The Morgan fingerprint density at radius 1 is 1.03 bits per heavy atom. The first-order chi connectivity index (χ1) is 15.4. The number of amides is 1. The van der Waals surface area contributed by atoms with E-state index in [2.05, 4.69) is 15.3 Å². The van der Waals surface area contributed by atoms with Crippen molar-refractivity contribution in [3.8, 4) is 0 Å². The Morgan fingerprint density at radius 3 is 2.50 bits per heavy atom. The molecule has 0 aliphatic carbocycles. The van der Waals surface area contributed by atoms with E-state index in [0.29, 0.717) is 32.2 Å². The molecule has 0 radical (unpaired) electrons. The molecule has 1 heterocycles. The maximum absolute atomic E-state index is 12.5. The van der Waals surface area contributed by atoms with Crippen molar-refractivity contribution >= 4 is 52.0 Å². The van der Waals surface area contributed by atoms with Crippen molar-refractivity contribution in [3.63, 3.8) is 0 Å². The molecule has 0 saturated heterocycles. The van der Waals surface area contributed by atoms with Gasteiger partial charge in [-0.2, -0.15) is 0 Å². The van der Waals surface area contributed by atoms with Gasteiger partial charge in [-0.05, 0) is 54.1 Å². The minimum Gasteiger partial charge on any atom is -0.507 e. The van der Waals surface area contributed by atoms with Gasteiger partial charge in [0.05, 0.1) is 11.0 Å². The van der Waals surface area contributed by atoms with Gasteiger partial charge < -0.3 is 15.4 Å². The molecule has 3 aromatic carbocycles. The number of hydrogen-bond donors (Lipinski definition) is 3. The summed E-state index contributed by atoms with van der Waals surface area (Å²) >= 11 is 12.0. The van der Waals surface area contributed by atoms with Gasteiger partial charge in [-0.25, -0.2) is 4.98 Å². The highest BCUT2D eigenvalue weighted by Crippen LogP contribution is 2.18. The van der Waals surface area contributed by atoms with E-state index in [1.54, 1.807) is 48.5 Å². The number of carbonyl (C=O) groups is 1. The summed E-state index contributed by atoms with van der Waals surface area (Å²) in [5.41, 5.74) is 2.10. The van der Waals surface area contributed by atoms with Crippen LogP contribution in [0.5, 0.6) is 0 Å². The van der Waals surface area contributed by atoms with E-state index in [0.717, 1.165) is 5.56 Å². The van der Waals surface area contributed by atoms with Gasteiger partial charge in [-0.1, -0.05) is 41.4 Å². The number of H-pyrrole nitrogens is 1. The SMILES string of the molecule is O=C(NCc1ccccc1Cl)c1ccc2nc(C=C(O)c3ccc(Cl)cc3)c(=O)[nH]c2c1. The van der Waals surface area contributed by atoms with E-state index >= 15 is 0 Å². The van der Waals surface area contributed by atoms with Crippen LogP contribution in [-0.2, 0) is 6.54 Å². The number of halogens is 2. The normalized spacial score (nSPS) is 11.5. The molecule has 0 atom stereocenters. The Balaban J connectivity index is 1.57. The lowest BCUT2D eigenvalue weighted by Crippen LogP contribution is -2.23. The van der Waals surface area contributed by atoms with E-state index in [-0.39, 0.29) is 23.9 Å². The minimum absolute atomic E-state index is 0.0425. The van der Waals surface area contributed by atoms with E-state index < -0.39 is 5.56 Å². The molecule has 4 rings (SSSR count). The summed E-state index contributed by atoms with van der Waals surface area (Å²) in [6.45, 7) is 0.277. The number of fused-ring (bicyclic) bond motifs is 1. The third-order valence-electron chi connectivity index (χ3n) is 4.79. The highest BCUT2D eigenvalue weighted by molar-refractivity contribution is 6.31. The molecule has 160 valence electrons. The molecule has 0 bridgehead atoms. The van der Waals surface area contributed by atoms with Crippen LogP contribution in [0.1, 0.15) is 27.2 Å². The zero-order valence-electron chi connectivity index (χ0n) is 16.6. The van der Waals surface area contributed by atoms with Gasteiger partial charge in [0.15, 0.2) is 0 Å². The topological polar surface area (TPSA) is 95.1 Å². The average molecular weight is 466 g/mol. The van der Waals surface area contributed by atoms with Crippen molar-refractivity contribution in [2.75, 3.05) is 0 Å². The van der Waals surface area contributed by atoms with Crippen LogP contribution in [0.2, 0.25) is 10.0 Å². The van der Waals surface area contributed by atoms with Crippen LogP contribution in [-0.4, -0.2) is 21.0 Å². The van der Waals surface area contributed by atoms with Crippen molar-refractivity contribution in [2.45, 2.75) is 6.54 Å². The zero-order valence-corrected chi connectivity index (χ0v) is 18.1. The van der Waals surface area contributed by atoms with E-state index in [1.165, 1.54) is 6.08 Å². The summed E-state index contributed by atoms with van der Waals surface area (Å²) in [4.78, 5) is 32.0. The number of nitrogens with one attached hydrogen (secondary N) is 2. The van der Waals surface area contributed by atoms with Gasteiger partial charge in [-0.15, -0.1) is 0 Å². The molecule has 0 spiro atoms. The van der Waals surface area contributed by atoms with E-state index in [9.17, 15) is 14.7 Å². The second kappa shape index (κ2) is 9.26. The van der Waals surface area contributed by atoms with Crippen molar-refractivity contribution in [3.05, 3.63) is 110 Å². The van der Waals surface area contributed by atoms with Crippen LogP contribution in [0.3, 0.4) is 0 Å². The van der Waals surface area contributed by atoms with Crippen molar-refractivity contribution < 1.29 is 9.90 Å². The highest BCUT2D eigenvalue weighted by Gasteiger charge is 2.11. The molecule has 1 amide bonds. The van der Waals surface area contributed by atoms with Crippen molar-refractivity contribution in [2.24, 2.45) is 0 Å². The van der Waals surface area contributed by atoms with Crippen LogP contribution in [0.15, 0.2) is 71.5 Å². The predicted molar refractivity (Wildman–Crippen MR) is 127 cm³/mol. The van der Waals surface area contributed by atoms with E-state index in [4.69, 9.17) is 23.2 Å². The van der Waals surface area contributed by atoms with Crippen LogP contribution in [0.4, 0.5) is 0 Å². The number of rotatable bonds is 5. The molecule has 0 aliphatic heterocycles. The van der Waals surface area contributed by atoms with Gasteiger partial charge >= 0.3 is 0 Å². The molecule has 32 heavy (non-hydrogen) atoms. The minimum atomic E-state index is -0.494. The molecule has 4 aromatic rings. The number of aromatic amines is 1. The number of aromatic nitrogens is 2. The molecule has 0 aliphatic rings. The number of aliphatic hydroxyl groups excluding tert-OH is 1. The Hall–Kier alpha value is -3.61. The molecule has 0 unspecified atom stereocenters. The van der Waals surface area contributed by atoms with Crippen LogP contribution >= 0.6 is 23.2 Å². The van der Waals surface area contributed by atoms with Gasteiger partial charge in [0.1, 0.15) is 11.5 Å². The van der Waals surface area contributed by atoms with Gasteiger partial charge in [0.2, 0.25) is 0 Å². The predicted octanol–water partition coefficient (Wildman–Crippen LogP) is 5.22. The van der Waals surface area contributed by atoms with E-state index in [1.807, 2.05) is 18.2 Å². The Bertz CT molecular complexity index is 1400. The molecule has 6 nitrogen and oxygen atoms in total. The number of nitrogens with zero attached hydrogens (tertiary/aromatic N) is 1. The fourth-order valence-corrected chi connectivity index (χ4v) is 3.42. The monoisotopic (exact) mass is 465 g/mol. The Morgan fingerprint density at radius 2 is 1.75 bits per heavy atom. The Labute approximate surface area is 193 Å². The smallest absolute Gasteiger partial charge is 0.274 e. The first kappa shape index (κ1) is 21.6. The molecule has 3 N–H and O–H groups in total. The number of carbonyl (C=O) groups excluding carboxylic acids is 1. The third-order valence-corrected chi connectivity index (χ3v) is 5.41. The lowest BCUT2D eigenvalue weighted by molar-refractivity contribution is 0.0951. The lowest BCUT2D eigenvalue weighted by atomic mass is 10.1. The molecule has 0 fully saturated rings. The first-order valence-corrected chi connectivity index (χ1v) is 10.4. The van der Waals surface area contributed by atoms with Gasteiger partial charge in [0, 0.05) is 33.8 Å². The number of benzene rings is 3. The second-order valence-corrected chi connectivity index (χ2v) is 7.84. The summed E-state index contributed by atoms with van der Waals surface area (Å²) < 4.78 is 0. The van der Waals surface area contributed by atoms with Crippen LogP contribution < -0.4 is 10.9 Å². The fraction of sp³-hybridized carbons (Fsp3) is 0.0417. The third kappa shape index (κ3) is 4.82. The van der Waals surface area contributed by atoms with Crippen LogP contribution in [0.25, 0.3) is 22.9 Å². The second-order valence-electron chi connectivity index (χ2n) is 6.99. The largest absolute Gasteiger partial charge is 0.507 e. The van der Waals surface area contributed by atoms with Gasteiger partial charge in [-0.3, -0.25) is 9.59 Å². The zero-order chi connectivity index (χ0) is 22.7. The molecule has 0 saturated carbocycles. The maximum Gasteiger partial charge on any atom is 0.274 e. The lowest BCUT2D eigenvalue weighted by Gasteiger charge is -2.08. The molecule has 8 heteroatoms. The summed E-state index contributed by atoms with van der Waals surface area (Å²) in [5.74, 6) is -0.424.